The number of hydrogen-bond donors (Lipinski definition) is 2. The van der Waals surface area contributed by atoms with E-state index in [0.717, 1.165) is 16.9 Å². The third kappa shape index (κ3) is 6.38. The van der Waals surface area contributed by atoms with Crippen LogP contribution in [0, 0.1) is 0 Å². The molecule has 0 saturated heterocycles. The van der Waals surface area contributed by atoms with E-state index in [1.54, 1.807) is 13.1 Å². The van der Waals surface area contributed by atoms with Crippen molar-refractivity contribution in [3.8, 4) is 11.1 Å². The van der Waals surface area contributed by atoms with E-state index in [9.17, 15) is 4.79 Å². The van der Waals surface area contributed by atoms with Gasteiger partial charge in [-0.05, 0) is 42.3 Å². The number of amides is 1. The highest BCUT2D eigenvalue weighted by molar-refractivity contribution is 5.86. The second kappa shape index (κ2) is 10.2. The third-order valence-electron chi connectivity index (χ3n) is 2.73. The Kier molecular flexibility index (Phi) is 8.21. The van der Waals surface area contributed by atoms with Crippen molar-refractivity contribution < 1.29 is 9.53 Å². The molecule has 0 bridgehead atoms. The van der Waals surface area contributed by atoms with Crippen molar-refractivity contribution in [3.63, 3.8) is 0 Å². The molecule has 0 aliphatic carbocycles. The van der Waals surface area contributed by atoms with Crippen LogP contribution in [0.3, 0.4) is 0 Å². The number of pyridine rings is 1. The standard InChI is InChI=1S/C15H17N3O2.C3H8/c1-3-20-15(19)18-13-6-4-5-11(9-13)12-7-8-17-14(10-12)16-2;1-3-2/h4-10H,3H2,1-2H3,(H,16,17)(H,18,19);3H2,1-2H3. The predicted molar refractivity (Wildman–Crippen MR) is 95.8 cm³/mol. The summed E-state index contributed by atoms with van der Waals surface area (Å²) >= 11 is 0. The average Bonchev–Trinajstić information content (AvgIpc) is 2.56. The highest BCUT2D eigenvalue weighted by Crippen LogP contribution is 2.24. The van der Waals surface area contributed by atoms with Gasteiger partial charge in [0.2, 0.25) is 0 Å². The Morgan fingerprint density at radius 1 is 1.13 bits per heavy atom. The van der Waals surface area contributed by atoms with Crippen molar-refractivity contribution >= 4 is 17.6 Å². The molecule has 5 heteroatoms. The normalized spacial score (nSPS) is 9.39. The Hall–Kier alpha value is -2.56. The highest BCUT2D eigenvalue weighted by Gasteiger charge is 2.04. The summed E-state index contributed by atoms with van der Waals surface area (Å²) in [5.74, 6) is 0.797. The van der Waals surface area contributed by atoms with Crippen LogP contribution < -0.4 is 10.6 Å². The molecule has 0 spiro atoms. The Balaban J connectivity index is 0.000000816. The summed E-state index contributed by atoms with van der Waals surface area (Å²) in [6.45, 7) is 6.37. The van der Waals surface area contributed by atoms with Crippen LogP contribution in [0.4, 0.5) is 16.3 Å². The van der Waals surface area contributed by atoms with Gasteiger partial charge in [-0.1, -0.05) is 32.4 Å². The number of rotatable bonds is 4. The molecule has 1 aromatic carbocycles. The van der Waals surface area contributed by atoms with E-state index in [0.29, 0.717) is 12.3 Å². The van der Waals surface area contributed by atoms with Crippen molar-refractivity contribution in [1.29, 1.82) is 0 Å². The van der Waals surface area contributed by atoms with E-state index in [1.165, 1.54) is 6.42 Å². The van der Waals surface area contributed by atoms with Crippen molar-refractivity contribution in [2.75, 3.05) is 24.3 Å². The first-order valence-corrected chi connectivity index (χ1v) is 7.82. The second-order valence-electron chi connectivity index (χ2n) is 4.81. The lowest BCUT2D eigenvalue weighted by Crippen LogP contribution is -2.13. The summed E-state index contributed by atoms with van der Waals surface area (Å²) in [5, 5.41) is 5.69. The first kappa shape index (κ1) is 18.5. The van der Waals surface area contributed by atoms with Crippen LogP contribution in [0.1, 0.15) is 27.2 Å². The van der Waals surface area contributed by atoms with Gasteiger partial charge in [-0.3, -0.25) is 5.32 Å². The topological polar surface area (TPSA) is 63.2 Å². The van der Waals surface area contributed by atoms with E-state index in [-0.39, 0.29) is 0 Å². The smallest absolute Gasteiger partial charge is 0.411 e. The number of benzene rings is 1. The molecule has 0 aliphatic heterocycles. The van der Waals surface area contributed by atoms with Gasteiger partial charge in [0.15, 0.2) is 0 Å². The molecular formula is C18H25N3O2. The maximum Gasteiger partial charge on any atom is 0.411 e. The number of nitrogens with zero attached hydrogens (tertiary/aromatic N) is 1. The fraction of sp³-hybridized carbons (Fsp3) is 0.333. The fourth-order valence-electron chi connectivity index (χ4n) is 1.81. The van der Waals surface area contributed by atoms with Crippen molar-refractivity contribution in [1.82, 2.24) is 4.98 Å². The molecule has 5 nitrogen and oxygen atoms in total. The quantitative estimate of drug-likeness (QED) is 0.852. The molecule has 0 fully saturated rings. The van der Waals surface area contributed by atoms with Gasteiger partial charge >= 0.3 is 6.09 Å². The number of carbonyl (C=O) groups excluding carboxylic acids is 1. The average molecular weight is 315 g/mol. The lowest BCUT2D eigenvalue weighted by atomic mass is 10.1. The van der Waals surface area contributed by atoms with Crippen LogP contribution in [0.25, 0.3) is 11.1 Å². The minimum Gasteiger partial charge on any atom is -0.450 e. The van der Waals surface area contributed by atoms with Gasteiger partial charge in [-0.15, -0.1) is 0 Å². The van der Waals surface area contributed by atoms with Crippen LogP contribution in [0.2, 0.25) is 0 Å². The molecule has 0 aliphatic rings. The SMILES string of the molecule is CCC.CCOC(=O)Nc1cccc(-c2ccnc(NC)c2)c1. The van der Waals surface area contributed by atoms with Crippen LogP contribution in [0.5, 0.6) is 0 Å². The number of hydrogen-bond acceptors (Lipinski definition) is 4. The highest BCUT2D eigenvalue weighted by atomic mass is 16.5. The molecule has 0 saturated carbocycles. The van der Waals surface area contributed by atoms with E-state index < -0.39 is 6.09 Å². The van der Waals surface area contributed by atoms with Crippen molar-refractivity contribution in [2.24, 2.45) is 0 Å². The van der Waals surface area contributed by atoms with Gasteiger partial charge in [0, 0.05) is 18.9 Å². The molecule has 2 rings (SSSR count). The van der Waals surface area contributed by atoms with Gasteiger partial charge in [-0.2, -0.15) is 0 Å². The van der Waals surface area contributed by atoms with E-state index in [4.69, 9.17) is 4.74 Å². The van der Waals surface area contributed by atoms with E-state index in [1.807, 2.05) is 43.4 Å². The number of aromatic nitrogens is 1. The molecule has 2 aromatic rings. The van der Waals surface area contributed by atoms with Crippen LogP contribution in [0.15, 0.2) is 42.6 Å². The molecule has 1 heterocycles. The molecule has 124 valence electrons. The molecule has 23 heavy (non-hydrogen) atoms. The Bertz CT molecular complexity index is 615. The second-order valence-corrected chi connectivity index (χ2v) is 4.81. The maximum absolute atomic E-state index is 11.4. The fourth-order valence-corrected chi connectivity index (χ4v) is 1.81. The van der Waals surface area contributed by atoms with Crippen molar-refractivity contribution in [3.05, 3.63) is 42.6 Å². The Labute approximate surface area is 138 Å². The minimum absolute atomic E-state index is 0.349. The van der Waals surface area contributed by atoms with Crippen LogP contribution in [-0.4, -0.2) is 24.7 Å². The molecule has 2 N–H and O–H groups in total. The zero-order chi connectivity index (χ0) is 17.1. The molecule has 1 aromatic heterocycles. The lowest BCUT2D eigenvalue weighted by Gasteiger charge is -2.08. The number of anilines is 2. The Morgan fingerprint density at radius 2 is 1.83 bits per heavy atom. The summed E-state index contributed by atoms with van der Waals surface area (Å²) in [6.07, 6.45) is 2.54. The van der Waals surface area contributed by atoms with Crippen LogP contribution in [-0.2, 0) is 4.74 Å². The van der Waals surface area contributed by atoms with Gasteiger partial charge < -0.3 is 10.1 Å². The Morgan fingerprint density at radius 3 is 2.48 bits per heavy atom. The largest absolute Gasteiger partial charge is 0.450 e. The predicted octanol–water partition coefficient (Wildman–Crippen LogP) is 4.78. The molecule has 0 unspecified atom stereocenters. The van der Waals surface area contributed by atoms with Gasteiger partial charge in [0.05, 0.1) is 6.61 Å². The lowest BCUT2D eigenvalue weighted by molar-refractivity contribution is 0.168. The first-order chi connectivity index (χ1) is 11.1. The summed E-state index contributed by atoms with van der Waals surface area (Å²) in [5.41, 5.74) is 2.72. The molecule has 0 atom stereocenters. The number of nitrogens with one attached hydrogen (secondary N) is 2. The first-order valence-electron chi connectivity index (χ1n) is 7.82. The van der Waals surface area contributed by atoms with Gasteiger partial charge in [0.25, 0.3) is 0 Å². The zero-order valence-corrected chi connectivity index (χ0v) is 14.2. The summed E-state index contributed by atoms with van der Waals surface area (Å²) < 4.78 is 4.86. The minimum atomic E-state index is -0.449. The monoisotopic (exact) mass is 315 g/mol. The summed E-state index contributed by atoms with van der Waals surface area (Å²) in [4.78, 5) is 15.6. The number of carbonyl (C=O) groups is 1. The molecule has 1 amide bonds. The van der Waals surface area contributed by atoms with Gasteiger partial charge in [-0.25, -0.2) is 9.78 Å². The maximum atomic E-state index is 11.4. The van der Waals surface area contributed by atoms with Crippen LogP contribution >= 0.6 is 0 Å². The van der Waals surface area contributed by atoms with E-state index in [2.05, 4.69) is 29.5 Å². The summed E-state index contributed by atoms with van der Waals surface area (Å²) in [6, 6.07) is 11.4. The van der Waals surface area contributed by atoms with Crippen molar-refractivity contribution in [2.45, 2.75) is 27.2 Å². The summed E-state index contributed by atoms with van der Waals surface area (Å²) in [7, 11) is 1.82. The molecule has 0 radical (unpaired) electrons. The third-order valence-corrected chi connectivity index (χ3v) is 2.73. The zero-order valence-electron chi connectivity index (χ0n) is 14.2. The number of ether oxygens (including phenoxy) is 1. The molecular weight excluding hydrogens is 290 g/mol. The van der Waals surface area contributed by atoms with Gasteiger partial charge in [0.1, 0.15) is 5.82 Å². The van der Waals surface area contributed by atoms with E-state index >= 15 is 0 Å².